The molecule has 0 bridgehead atoms. The Bertz CT molecular complexity index is 807. The number of anilines is 1. The first kappa shape index (κ1) is 18.0. The lowest BCUT2D eigenvalue weighted by molar-refractivity contribution is -0.384. The lowest BCUT2D eigenvalue weighted by Crippen LogP contribution is -2.28. The van der Waals surface area contributed by atoms with Crippen LogP contribution in [0, 0.1) is 10.1 Å². The van der Waals surface area contributed by atoms with Gasteiger partial charge in [0, 0.05) is 22.7 Å². The van der Waals surface area contributed by atoms with Gasteiger partial charge in [0.1, 0.15) is 18.0 Å². The molecule has 2 aromatic carbocycles. The van der Waals surface area contributed by atoms with Gasteiger partial charge in [0.05, 0.1) is 11.5 Å². The second-order valence-electron chi connectivity index (χ2n) is 5.97. The number of nitrogens with zero attached hydrogens (tertiary/aromatic N) is 1. The Kier molecular flexibility index (Phi) is 5.58. The summed E-state index contributed by atoms with van der Waals surface area (Å²) in [5, 5.41) is 17.7. The number of nitro benzene ring substituents is 1. The second kappa shape index (κ2) is 8.05. The predicted octanol–water partition coefficient (Wildman–Crippen LogP) is 3.63. The Labute approximate surface area is 155 Å². The van der Waals surface area contributed by atoms with Crippen LogP contribution < -0.4 is 15.4 Å². The molecule has 0 aliphatic heterocycles. The zero-order valence-electron chi connectivity index (χ0n) is 13.9. The lowest BCUT2D eigenvalue weighted by atomic mass is 10.1. The number of nitro groups is 1. The number of halogens is 1. The molecule has 0 spiro atoms. The zero-order chi connectivity index (χ0) is 18.5. The van der Waals surface area contributed by atoms with E-state index in [0.717, 1.165) is 12.8 Å². The number of hydrogen-bond donors (Lipinski definition) is 2. The summed E-state index contributed by atoms with van der Waals surface area (Å²) in [4.78, 5) is 23.0. The standard InChI is InChI=1S/C18H18ClN3O4/c19-13-2-6-15(7-3-13)26-10-9-20-18(23)12-1-8-16(21-14-4-5-14)17(11-12)22(24)25/h1-3,6-8,11,14,21H,4-5,9-10H2,(H,20,23). The summed E-state index contributed by atoms with van der Waals surface area (Å²) in [5.74, 6) is 0.264. The monoisotopic (exact) mass is 375 g/mol. The van der Waals surface area contributed by atoms with Crippen LogP contribution in [0.2, 0.25) is 5.02 Å². The maximum absolute atomic E-state index is 12.2. The average molecular weight is 376 g/mol. The van der Waals surface area contributed by atoms with Crippen LogP contribution in [0.5, 0.6) is 5.75 Å². The summed E-state index contributed by atoms with van der Waals surface area (Å²) < 4.78 is 5.49. The first-order chi connectivity index (χ1) is 12.5. The van der Waals surface area contributed by atoms with Gasteiger partial charge in [-0.2, -0.15) is 0 Å². The Morgan fingerprint density at radius 2 is 1.96 bits per heavy atom. The molecule has 26 heavy (non-hydrogen) atoms. The minimum atomic E-state index is -0.481. The molecule has 0 unspecified atom stereocenters. The van der Waals surface area contributed by atoms with Crippen molar-refractivity contribution >= 4 is 28.9 Å². The van der Waals surface area contributed by atoms with Gasteiger partial charge >= 0.3 is 0 Å². The normalized spacial score (nSPS) is 13.1. The first-order valence-corrected chi connectivity index (χ1v) is 8.62. The first-order valence-electron chi connectivity index (χ1n) is 8.24. The van der Waals surface area contributed by atoms with Crippen molar-refractivity contribution in [3.8, 4) is 5.75 Å². The summed E-state index contributed by atoms with van der Waals surface area (Å²) in [5.41, 5.74) is 0.589. The van der Waals surface area contributed by atoms with E-state index >= 15 is 0 Å². The topological polar surface area (TPSA) is 93.5 Å². The summed E-state index contributed by atoms with van der Waals surface area (Å²) in [6.45, 7) is 0.550. The van der Waals surface area contributed by atoms with Gasteiger partial charge in [-0.1, -0.05) is 11.6 Å². The molecule has 1 fully saturated rings. The van der Waals surface area contributed by atoms with E-state index < -0.39 is 4.92 Å². The summed E-state index contributed by atoms with van der Waals surface area (Å²) in [6.07, 6.45) is 2.01. The van der Waals surface area contributed by atoms with E-state index in [0.29, 0.717) is 22.5 Å². The van der Waals surface area contributed by atoms with Gasteiger partial charge in [-0.3, -0.25) is 14.9 Å². The third kappa shape index (κ3) is 4.86. The molecule has 2 N–H and O–H groups in total. The van der Waals surface area contributed by atoms with Crippen LogP contribution >= 0.6 is 11.6 Å². The van der Waals surface area contributed by atoms with E-state index in [1.165, 1.54) is 6.07 Å². The van der Waals surface area contributed by atoms with Gasteiger partial charge < -0.3 is 15.4 Å². The van der Waals surface area contributed by atoms with Crippen LogP contribution in [-0.4, -0.2) is 30.0 Å². The molecule has 0 radical (unpaired) electrons. The molecule has 7 nitrogen and oxygen atoms in total. The molecule has 2 aromatic rings. The van der Waals surface area contributed by atoms with Gasteiger partial charge in [0.15, 0.2) is 0 Å². The number of amides is 1. The molecular weight excluding hydrogens is 358 g/mol. The molecule has 8 heteroatoms. The van der Waals surface area contributed by atoms with E-state index in [2.05, 4.69) is 10.6 Å². The highest BCUT2D eigenvalue weighted by atomic mass is 35.5. The molecule has 0 saturated heterocycles. The Balaban J connectivity index is 1.54. The highest BCUT2D eigenvalue weighted by molar-refractivity contribution is 6.30. The van der Waals surface area contributed by atoms with E-state index in [1.807, 2.05) is 0 Å². The number of carbonyl (C=O) groups excluding carboxylic acids is 1. The number of ether oxygens (including phenoxy) is 1. The minimum Gasteiger partial charge on any atom is -0.492 e. The molecule has 1 aliphatic rings. The van der Waals surface area contributed by atoms with Crippen LogP contribution in [0.15, 0.2) is 42.5 Å². The van der Waals surface area contributed by atoms with Gasteiger partial charge in [0.25, 0.3) is 11.6 Å². The van der Waals surface area contributed by atoms with Crippen LogP contribution in [-0.2, 0) is 0 Å². The van der Waals surface area contributed by atoms with Crippen LogP contribution in [0.3, 0.4) is 0 Å². The fraction of sp³-hybridized carbons (Fsp3) is 0.278. The molecule has 1 amide bonds. The van der Waals surface area contributed by atoms with Gasteiger partial charge in [0.2, 0.25) is 0 Å². The van der Waals surface area contributed by atoms with Crippen LogP contribution in [0.25, 0.3) is 0 Å². The van der Waals surface area contributed by atoms with Crippen molar-refractivity contribution in [1.29, 1.82) is 0 Å². The Morgan fingerprint density at radius 1 is 1.23 bits per heavy atom. The molecule has 1 saturated carbocycles. The van der Waals surface area contributed by atoms with Crippen molar-refractivity contribution in [3.63, 3.8) is 0 Å². The Morgan fingerprint density at radius 3 is 2.62 bits per heavy atom. The maximum Gasteiger partial charge on any atom is 0.293 e. The van der Waals surface area contributed by atoms with Crippen molar-refractivity contribution in [2.24, 2.45) is 0 Å². The lowest BCUT2D eigenvalue weighted by Gasteiger charge is -2.09. The van der Waals surface area contributed by atoms with Crippen molar-refractivity contribution in [3.05, 3.63) is 63.2 Å². The zero-order valence-corrected chi connectivity index (χ0v) is 14.7. The number of nitrogens with one attached hydrogen (secondary N) is 2. The van der Waals surface area contributed by atoms with Gasteiger partial charge in [-0.05, 0) is 49.2 Å². The maximum atomic E-state index is 12.2. The SMILES string of the molecule is O=C(NCCOc1ccc(Cl)cc1)c1ccc(NC2CC2)c([N+](=O)[O-])c1. The van der Waals surface area contributed by atoms with E-state index in [-0.39, 0.29) is 30.3 Å². The predicted molar refractivity (Wildman–Crippen MR) is 99.0 cm³/mol. The number of hydrogen-bond acceptors (Lipinski definition) is 5. The largest absolute Gasteiger partial charge is 0.492 e. The number of rotatable bonds is 8. The quantitative estimate of drug-likeness (QED) is 0.417. The highest BCUT2D eigenvalue weighted by Crippen LogP contribution is 2.31. The minimum absolute atomic E-state index is 0.0954. The van der Waals surface area contributed by atoms with Crippen molar-refractivity contribution in [1.82, 2.24) is 5.32 Å². The summed E-state index contributed by atoms with van der Waals surface area (Å²) in [6, 6.07) is 11.6. The Hall–Kier alpha value is -2.80. The number of carbonyl (C=O) groups is 1. The van der Waals surface area contributed by atoms with Crippen LogP contribution in [0.1, 0.15) is 23.2 Å². The fourth-order valence-electron chi connectivity index (χ4n) is 2.36. The smallest absolute Gasteiger partial charge is 0.293 e. The van der Waals surface area contributed by atoms with E-state index in [9.17, 15) is 14.9 Å². The van der Waals surface area contributed by atoms with Crippen molar-refractivity contribution in [2.45, 2.75) is 18.9 Å². The molecule has 0 atom stereocenters. The molecule has 136 valence electrons. The van der Waals surface area contributed by atoms with Crippen LogP contribution in [0.4, 0.5) is 11.4 Å². The average Bonchev–Trinajstić information content (AvgIpc) is 3.44. The van der Waals surface area contributed by atoms with Gasteiger partial charge in [-0.25, -0.2) is 0 Å². The molecule has 0 aromatic heterocycles. The number of benzene rings is 2. The third-order valence-electron chi connectivity index (χ3n) is 3.86. The third-order valence-corrected chi connectivity index (χ3v) is 4.12. The fourth-order valence-corrected chi connectivity index (χ4v) is 2.49. The van der Waals surface area contributed by atoms with Gasteiger partial charge in [-0.15, -0.1) is 0 Å². The summed E-state index contributed by atoms with van der Waals surface area (Å²) in [7, 11) is 0. The molecule has 1 aliphatic carbocycles. The van der Waals surface area contributed by atoms with Crippen molar-refractivity contribution < 1.29 is 14.5 Å². The molecule has 0 heterocycles. The molecular formula is C18H18ClN3O4. The van der Waals surface area contributed by atoms with E-state index in [1.54, 1.807) is 36.4 Å². The summed E-state index contributed by atoms with van der Waals surface area (Å²) >= 11 is 5.79. The molecule has 3 rings (SSSR count). The second-order valence-corrected chi connectivity index (χ2v) is 6.40. The van der Waals surface area contributed by atoms with E-state index in [4.69, 9.17) is 16.3 Å². The van der Waals surface area contributed by atoms with Crippen molar-refractivity contribution in [2.75, 3.05) is 18.5 Å². The highest BCUT2D eigenvalue weighted by Gasteiger charge is 2.25.